The number of anilines is 1. The van der Waals surface area contributed by atoms with Crippen LogP contribution >= 0.6 is 27.5 Å². The molecule has 0 N–H and O–H groups in total. The van der Waals surface area contributed by atoms with E-state index < -0.39 is 0 Å². The molecule has 5 heteroatoms. The van der Waals surface area contributed by atoms with Crippen molar-refractivity contribution in [1.82, 2.24) is 0 Å². The number of carbonyl (C=O) groups excluding carboxylic acids is 1. The maximum atomic E-state index is 13.4. The van der Waals surface area contributed by atoms with Gasteiger partial charge in [-0.25, -0.2) is 4.79 Å². The predicted octanol–water partition coefficient (Wildman–Crippen LogP) is 8.06. The second kappa shape index (κ2) is 9.46. The molecule has 0 saturated heterocycles. The summed E-state index contributed by atoms with van der Waals surface area (Å²) in [5.74, 6) is 0.408. The van der Waals surface area contributed by atoms with Crippen LogP contribution in [0.4, 0.5) is 10.5 Å². The Hall–Kier alpha value is -2.30. The van der Waals surface area contributed by atoms with E-state index in [0.29, 0.717) is 10.9 Å². The van der Waals surface area contributed by atoms with Crippen LogP contribution in [0.15, 0.2) is 71.2 Å². The van der Waals surface area contributed by atoms with Crippen LogP contribution < -0.4 is 4.90 Å². The van der Waals surface area contributed by atoms with E-state index >= 15 is 0 Å². The number of halogens is 2. The van der Waals surface area contributed by atoms with Gasteiger partial charge in [-0.15, -0.1) is 0 Å². The second-order valence-corrected chi connectivity index (χ2v) is 9.48. The Morgan fingerprint density at radius 1 is 1.13 bits per heavy atom. The Labute approximate surface area is 197 Å². The van der Waals surface area contributed by atoms with Crippen molar-refractivity contribution in [3.05, 3.63) is 98.5 Å². The molecule has 0 aliphatic carbocycles. The molecule has 160 valence electrons. The van der Waals surface area contributed by atoms with Gasteiger partial charge in [-0.3, -0.25) is 4.90 Å². The van der Waals surface area contributed by atoms with Crippen LogP contribution in [0.1, 0.15) is 54.5 Å². The molecule has 1 atom stereocenters. The van der Waals surface area contributed by atoms with Gasteiger partial charge in [0.1, 0.15) is 6.61 Å². The van der Waals surface area contributed by atoms with Gasteiger partial charge in [-0.05, 0) is 75.1 Å². The zero-order chi connectivity index (χ0) is 22.0. The summed E-state index contributed by atoms with van der Waals surface area (Å²) in [7, 11) is 0. The number of benzene rings is 3. The zero-order valence-electron chi connectivity index (χ0n) is 17.6. The van der Waals surface area contributed by atoms with Crippen molar-refractivity contribution in [3.63, 3.8) is 0 Å². The molecule has 0 spiro atoms. The monoisotopic (exact) mass is 497 g/mol. The van der Waals surface area contributed by atoms with Gasteiger partial charge < -0.3 is 4.74 Å². The second-order valence-electron chi connectivity index (χ2n) is 8.18. The normalized spacial score (nSPS) is 15.6. The maximum Gasteiger partial charge on any atom is 0.415 e. The molecule has 3 aromatic carbocycles. The van der Waals surface area contributed by atoms with Gasteiger partial charge in [0.2, 0.25) is 0 Å². The lowest BCUT2D eigenvalue weighted by atomic mass is 9.89. The topological polar surface area (TPSA) is 29.5 Å². The molecule has 4 rings (SSSR count). The third-order valence-corrected chi connectivity index (χ3v) is 6.55. The van der Waals surface area contributed by atoms with Crippen molar-refractivity contribution in [2.24, 2.45) is 0 Å². The minimum atomic E-state index is -0.354. The van der Waals surface area contributed by atoms with Gasteiger partial charge in [0.15, 0.2) is 0 Å². The highest BCUT2D eigenvalue weighted by atomic mass is 79.9. The van der Waals surface area contributed by atoms with E-state index in [0.717, 1.165) is 39.7 Å². The molecule has 1 aliphatic heterocycles. The maximum absolute atomic E-state index is 13.4. The first-order chi connectivity index (χ1) is 14.9. The molecular formula is C26H25BrClNO2. The van der Waals surface area contributed by atoms with Crippen molar-refractivity contribution in [2.75, 3.05) is 4.90 Å². The number of hydrogen-bond acceptors (Lipinski definition) is 2. The minimum Gasteiger partial charge on any atom is -0.444 e. The highest BCUT2D eigenvalue weighted by Crippen LogP contribution is 2.44. The number of amides is 1. The van der Waals surface area contributed by atoms with Crippen molar-refractivity contribution >= 4 is 39.3 Å². The third-order valence-electron chi connectivity index (χ3n) is 5.71. The minimum absolute atomic E-state index is 0.143. The van der Waals surface area contributed by atoms with E-state index in [2.05, 4.69) is 41.9 Å². The molecule has 1 aliphatic rings. The largest absolute Gasteiger partial charge is 0.444 e. The first kappa shape index (κ1) is 21.9. The molecule has 31 heavy (non-hydrogen) atoms. The number of rotatable bonds is 4. The molecule has 0 radical (unpaired) electrons. The smallest absolute Gasteiger partial charge is 0.415 e. The van der Waals surface area contributed by atoms with E-state index in [1.54, 1.807) is 4.90 Å². The third kappa shape index (κ3) is 4.81. The van der Waals surface area contributed by atoms with E-state index in [9.17, 15) is 4.79 Å². The Kier molecular flexibility index (Phi) is 6.68. The summed E-state index contributed by atoms with van der Waals surface area (Å²) in [4.78, 5) is 15.2. The van der Waals surface area contributed by atoms with Gasteiger partial charge in [0.25, 0.3) is 0 Å². The van der Waals surface area contributed by atoms with E-state index in [4.69, 9.17) is 16.3 Å². The molecule has 3 aromatic rings. The van der Waals surface area contributed by atoms with Crippen molar-refractivity contribution in [1.29, 1.82) is 0 Å². The lowest BCUT2D eigenvalue weighted by Crippen LogP contribution is -2.39. The predicted molar refractivity (Wildman–Crippen MR) is 130 cm³/mol. The first-order valence-electron chi connectivity index (χ1n) is 10.5. The molecule has 3 nitrogen and oxygen atoms in total. The molecule has 0 bridgehead atoms. The van der Waals surface area contributed by atoms with Crippen LogP contribution in [-0.4, -0.2) is 6.09 Å². The molecule has 0 aromatic heterocycles. The van der Waals surface area contributed by atoms with Gasteiger partial charge in [0, 0.05) is 9.50 Å². The Morgan fingerprint density at radius 3 is 2.61 bits per heavy atom. The highest BCUT2D eigenvalue weighted by Gasteiger charge is 2.35. The fourth-order valence-electron chi connectivity index (χ4n) is 4.09. The molecule has 0 fully saturated rings. The molecule has 1 amide bonds. The van der Waals surface area contributed by atoms with Gasteiger partial charge in [-0.2, -0.15) is 0 Å². The van der Waals surface area contributed by atoms with E-state index in [-0.39, 0.29) is 18.7 Å². The van der Waals surface area contributed by atoms with Gasteiger partial charge >= 0.3 is 6.09 Å². The van der Waals surface area contributed by atoms with E-state index in [1.165, 1.54) is 5.56 Å². The first-order valence-corrected chi connectivity index (χ1v) is 11.7. The van der Waals surface area contributed by atoms with Gasteiger partial charge in [0.05, 0.1) is 11.7 Å². The average Bonchev–Trinajstić information content (AvgIpc) is 2.77. The summed E-state index contributed by atoms with van der Waals surface area (Å²) in [6, 6.07) is 21.7. The summed E-state index contributed by atoms with van der Waals surface area (Å²) in [6.45, 7) is 4.59. The highest BCUT2D eigenvalue weighted by molar-refractivity contribution is 9.10. The Bertz CT molecular complexity index is 1080. The number of fused-ring (bicyclic) bond motifs is 1. The number of nitrogens with zero attached hydrogens (tertiary/aromatic N) is 1. The number of ether oxygens (including phenoxy) is 1. The molecular weight excluding hydrogens is 474 g/mol. The van der Waals surface area contributed by atoms with E-state index in [1.807, 2.05) is 54.6 Å². The summed E-state index contributed by atoms with van der Waals surface area (Å²) in [5, 5.41) is 0.662. The number of hydrogen-bond donors (Lipinski definition) is 0. The fraction of sp³-hybridized carbons (Fsp3) is 0.269. The molecule has 1 heterocycles. The molecule has 0 saturated carbocycles. The summed E-state index contributed by atoms with van der Waals surface area (Å²) >= 11 is 10.0. The van der Waals surface area contributed by atoms with Crippen LogP contribution in [-0.2, 0) is 17.8 Å². The zero-order valence-corrected chi connectivity index (χ0v) is 20.0. The van der Waals surface area contributed by atoms with Crippen LogP contribution in [0.3, 0.4) is 0 Å². The van der Waals surface area contributed by atoms with Crippen LogP contribution in [0, 0.1) is 0 Å². The number of aryl methyl sites for hydroxylation is 1. The summed E-state index contributed by atoms with van der Waals surface area (Å²) in [5.41, 5.74) is 5.27. The van der Waals surface area contributed by atoms with Crippen molar-refractivity contribution in [3.8, 4) is 0 Å². The van der Waals surface area contributed by atoms with Gasteiger partial charge in [-0.1, -0.05) is 74.0 Å². The Balaban J connectivity index is 1.73. The molecule has 1 unspecified atom stereocenters. The average molecular weight is 499 g/mol. The summed E-state index contributed by atoms with van der Waals surface area (Å²) < 4.78 is 6.69. The Morgan fingerprint density at radius 2 is 1.90 bits per heavy atom. The lowest BCUT2D eigenvalue weighted by Gasteiger charge is -2.38. The van der Waals surface area contributed by atoms with Crippen LogP contribution in [0.5, 0.6) is 0 Å². The van der Waals surface area contributed by atoms with Crippen LogP contribution in [0.2, 0.25) is 5.02 Å². The number of carbonyl (C=O) groups is 1. The summed E-state index contributed by atoms with van der Waals surface area (Å²) in [6.07, 6.45) is 1.34. The standard InChI is InChI=1S/C26H25BrClNO2/c1-17(2)21-13-20-11-12-24(19-9-6-10-22(28)14-19)29(25(20)23(27)15-21)26(30)31-16-18-7-4-3-5-8-18/h3-10,13-15,17,24H,11-12,16H2,1-2H3. The quantitative estimate of drug-likeness (QED) is 0.364. The lowest BCUT2D eigenvalue weighted by molar-refractivity contribution is 0.143. The van der Waals surface area contributed by atoms with Crippen LogP contribution in [0.25, 0.3) is 0 Å². The van der Waals surface area contributed by atoms with Crippen molar-refractivity contribution in [2.45, 2.75) is 45.3 Å². The SMILES string of the molecule is CC(C)c1cc(Br)c2c(c1)CCC(c1cccc(Cl)c1)N2C(=O)OCc1ccccc1. The van der Waals surface area contributed by atoms with Crippen molar-refractivity contribution < 1.29 is 9.53 Å². The fourth-order valence-corrected chi connectivity index (χ4v) is 5.00.